The highest BCUT2D eigenvalue weighted by Crippen LogP contribution is 2.27. The lowest BCUT2D eigenvalue weighted by molar-refractivity contribution is 0.349. The number of hydrogen-bond donors (Lipinski definition) is 3. The van der Waals surface area contributed by atoms with Gasteiger partial charge >= 0.3 is 0 Å². The van der Waals surface area contributed by atoms with Crippen molar-refractivity contribution in [2.45, 2.75) is 38.6 Å². The normalized spacial score (nSPS) is 23.9. The summed E-state index contributed by atoms with van der Waals surface area (Å²) in [6.07, 6.45) is 4.95. The predicted molar refractivity (Wildman–Crippen MR) is 78.2 cm³/mol. The van der Waals surface area contributed by atoms with Gasteiger partial charge in [0, 0.05) is 11.7 Å². The van der Waals surface area contributed by atoms with Gasteiger partial charge in [0.15, 0.2) is 0 Å². The van der Waals surface area contributed by atoms with Gasteiger partial charge in [-0.05, 0) is 37.0 Å². The highest BCUT2D eigenvalue weighted by molar-refractivity contribution is 7.90. The fourth-order valence-electron chi connectivity index (χ4n) is 2.58. The van der Waals surface area contributed by atoms with Gasteiger partial charge in [0.2, 0.25) is 0 Å². The van der Waals surface area contributed by atoms with Crippen molar-refractivity contribution in [2.24, 2.45) is 11.1 Å². The summed E-state index contributed by atoms with van der Waals surface area (Å²) in [4.78, 5) is 0. The molecule has 19 heavy (non-hydrogen) atoms. The lowest BCUT2D eigenvalue weighted by atomic mass is 9.86. The predicted octanol–water partition coefficient (Wildman–Crippen LogP) is 2.29. The van der Waals surface area contributed by atoms with Crippen molar-refractivity contribution in [3.05, 3.63) is 24.3 Å². The molecule has 0 aromatic heterocycles. The molecule has 1 aromatic carbocycles. The van der Waals surface area contributed by atoms with Gasteiger partial charge in [-0.15, -0.1) is 0 Å². The molecule has 0 heterocycles. The van der Waals surface area contributed by atoms with E-state index < -0.39 is 10.2 Å². The number of rotatable bonds is 4. The van der Waals surface area contributed by atoms with Crippen LogP contribution in [0.1, 0.15) is 32.6 Å². The molecule has 0 aliphatic heterocycles. The van der Waals surface area contributed by atoms with Gasteiger partial charge < -0.3 is 5.32 Å². The third-order valence-electron chi connectivity index (χ3n) is 3.59. The van der Waals surface area contributed by atoms with Crippen molar-refractivity contribution in [2.75, 3.05) is 10.0 Å². The van der Waals surface area contributed by atoms with E-state index in [2.05, 4.69) is 17.0 Å². The Morgan fingerprint density at radius 2 is 1.89 bits per heavy atom. The second-order valence-corrected chi connectivity index (χ2v) is 6.53. The second kappa shape index (κ2) is 5.79. The maximum Gasteiger partial charge on any atom is 0.296 e. The average molecular weight is 283 g/mol. The molecule has 0 bridgehead atoms. The minimum absolute atomic E-state index is 0.457. The van der Waals surface area contributed by atoms with Crippen molar-refractivity contribution in [1.82, 2.24) is 0 Å². The van der Waals surface area contributed by atoms with Crippen LogP contribution in [0, 0.1) is 5.92 Å². The van der Waals surface area contributed by atoms with Crippen LogP contribution >= 0.6 is 0 Å². The molecule has 2 unspecified atom stereocenters. The number of benzene rings is 1. The monoisotopic (exact) mass is 283 g/mol. The Labute approximate surface area is 114 Å². The summed E-state index contributed by atoms with van der Waals surface area (Å²) in [6, 6.07) is 7.66. The van der Waals surface area contributed by atoms with Gasteiger partial charge in [-0.1, -0.05) is 25.8 Å². The molecular formula is C13H21N3O2S. The Morgan fingerprint density at radius 1 is 1.21 bits per heavy atom. The molecule has 2 atom stereocenters. The Bertz CT molecular complexity index is 530. The highest BCUT2D eigenvalue weighted by Gasteiger charge is 2.20. The molecule has 5 nitrogen and oxygen atoms in total. The summed E-state index contributed by atoms with van der Waals surface area (Å²) < 4.78 is 24.3. The molecule has 1 fully saturated rings. The standard InChI is InChI=1S/C13H21N3O2S/c1-10-5-2-3-8-13(10)15-11-6-4-7-12(9-11)16-19(14,17)18/h4,6-7,9-10,13,15-16H,2-3,5,8H2,1H3,(H2,14,17,18). The molecule has 1 aliphatic rings. The Hall–Kier alpha value is -1.27. The van der Waals surface area contributed by atoms with Crippen LogP contribution in [0.5, 0.6) is 0 Å². The van der Waals surface area contributed by atoms with Crippen LogP contribution in [0.4, 0.5) is 11.4 Å². The quantitative estimate of drug-likeness (QED) is 0.792. The Morgan fingerprint density at radius 3 is 2.58 bits per heavy atom. The van der Waals surface area contributed by atoms with Gasteiger partial charge in [-0.2, -0.15) is 8.42 Å². The Kier molecular flexibility index (Phi) is 4.31. The van der Waals surface area contributed by atoms with Crippen molar-refractivity contribution >= 4 is 21.6 Å². The van der Waals surface area contributed by atoms with E-state index in [1.807, 2.05) is 12.1 Å². The summed E-state index contributed by atoms with van der Waals surface area (Å²) in [7, 11) is -3.72. The zero-order chi connectivity index (χ0) is 13.9. The van der Waals surface area contributed by atoms with E-state index in [1.165, 1.54) is 19.3 Å². The third kappa shape index (κ3) is 4.40. The van der Waals surface area contributed by atoms with E-state index in [4.69, 9.17) is 5.14 Å². The van der Waals surface area contributed by atoms with E-state index in [1.54, 1.807) is 12.1 Å². The first-order valence-electron chi connectivity index (χ1n) is 6.61. The summed E-state index contributed by atoms with van der Waals surface area (Å²) in [5, 5.41) is 8.45. The first kappa shape index (κ1) is 14.1. The molecule has 2 rings (SSSR count). The minimum atomic E-state index is -3.72. The van der Waals surface area contributed by atoms with E-state index in [0.29, 0.717) is 17.6 Å². The van der Waals surface area contributed by atoms with Crippen LogP contribution < -0.4 is 15.2 Å². The molecule has 106 valence electrons. The molecular weight excluding hydrogens is 262 g/mol. The SMILES string of the molecule is CC1CCCCC1Nc1cccc(NS(N)(=O)=O)c1. The molecule has 6 heteroatoms. The van der Waals surface area contributed by atoms with Gasteiger partial charge in [-0.3, -0.25) is 4.72 Å². The average Bonchev–Trinajstić information content (AvgIpc) is 2.30. The summed E-state index contributed by atoms with van der Waals surface area (Å²) in [5.74, 6) is 0.642. The highest BCUT2D eigenvalue weighted by atomic mass is 32.2. The lowest BCUT2D eigenvalue weighted by Crippen LogP contribution is -2.30. The molecule has 0 spiro atoms. The Balaban J connectivity index is 2.06. The maximum atomic E-state index is 11.0. The largest absolute Gasteiger partial charge is 0.382 e. The lowest BCUT2D eigenvalue weighted by Gasteiger charge is -2.30. The molecule has 1 saturated carbocycles. The van der Waals surface area contributed by atoms with E-state index >= 15 is 0 Å². The molecule has 0 radical (unpaired) electrons. The van der Waals surface area contributed by atoms with E-state index in [-0.39, 0.29) is 0 Å². The molecule has 4 N–H and O–H groups in total. The topological polar surface area (TPSA) is 84.2 Å². The van der Waals surface area contributed by atoms with Crippen LogP contribution in [0.25, 0.3) is 0 Å². The zero-order valence-electron chi connectivity index (χ0n) is 11.1. The molecule has 1 aliphatic carbocycles. The number of hydrogen-bond acceptors (Lipinski definition) is 3. The van der Waals surface area contributed by atoms with E-state index in [0.717, 1.165) is 12.1 Å². The van der Waals surface area contributed by atoms with Crippen molar-refractivity contribution in [3.8, 4) is 0 Å². The first-order valence-corrected chi connectivity index (χ1v) is 8.16. The fourth-order valence-corrected chi connectivity index (χ4v) is 3.04. The molecule has 1 aromatic rings. The summed E-state index contributed by atoms with van der Waals surface area (Å²) in [5.41, 5.74) is 1.41. The minimum Gasteiger partial charge on any atom is -0.382 e. The zero-order valence-corrected chi connectivity index (χ0v) is 11.9. The van der Waals surface area contributed by atoms with Crippen LogP contribution in [0.3, 0.4) is 0 Å². The molecule has 0 amide bonds. The second-order valence-electron chi connectivity index (χ2n) is 5.24. The van der Waals surface area contributed by atoms with Crippen LogP contribution in [0.2, 0.25) is 0 Å². The smallest absolute Gasteiger partial charge is 0.296 e. The van der Waals surface area contributed by atoms with Crippen LogP contribution in [0.15, 0.2) is 24.3 Å². The number of nitrogens with two attached hydrogens (primary N) is 1. The summed E-state index contributed by atoms with van der Waals surface area (Å²) in [6.45, 7) is 2.25. The van der Waals surface area contributed by atoms with Crippen molar-refractivity contribution < 1.29 is 8.42 Å². The van der Waals surface area contributed by atoms with Crippen molar-refractivity contribution in [3.63, 3.8) is 0 Å². The van der Waals surface area contributed by atoms with Gasteiger partial charge in [0.25, 0.3) is 10.2 Å². The fraction of sp³-hybridized carbons (Fsp3) is 0.538. The van der Waals surface area contributed by atoms with Crippen LogP contribution in [-0.4, -0.2) is 14.5 Å². The van der Waals surface area contributed by atoms with Gasteiger partial charge in [-0.25, -0.2) is 5.14 Å². The van der Waals surface area contributed by atoms with Gasteiger partial charge in [0.05, 0.1) is 5.69 Å². The van der Waals surface area contributed by atoms with Crippen LogP contribution in [-0.2, 0) is 10.2 Å². The van der Waals surface area contributed by atoms with Gasteiger partial charge in [0.1, 0.15) is 0 Å². The summed E-state index contributed by atoms with van der Waals surface area (Å²) >= 11 is 0. The number of nitrogens with one attached hydrogen (secondary N) is 2. The maximum absolute atomic E-state index is 11.0. The van der Waals surface area contributed by atoms with Crippen molar-refractivity contribution in [1.29, 1.82) is 0 Å². The molecule has 0 saturated heterocycles. The third-order valence-corrected chi connectivity index (χ3v) is 4.11. The first-order chi connectivity index (χ1) is 8.94. The number of anilines is 2. The van der Waals surface area contributed by atoms with E-state index in [9.17, 15) is 8.42 Å².